The molecule has 1 heterocycles. The molecule has 3 nitrogen and oxygen atoms in total. The highest BCUT2D eigenvalue weighted by Crippen LogP contribution is 1.98. The van der Waals surface area contributed by atoms with Gasteiger partial charge < -0.3 is 4.84 Å². The van der Waals surface area contributed by atoms with Crippen molar-refractivity contribution in [2.75, 3.05) is 0 Å². The molecule has 0 aliphatic carbocycles. The van der Waals surface area contributed by atoms with Gasteiger partial charge in [0.1, 0.15) is 6.17 Å². The lowest BCUT2D eigenvalue weighted by atomic mass is 10.5. The van der Waals surface area contributed by atoms with Gasteiger partial charge >= 0.3 is 0 Å². The van der Waals surface area contributed by atoms with E-state index in [1.54, 1.807) is 0 Å². The van der Waals surface area contributed by atoms with Crippen LogP contribution in [0.3, 0.4) is 0 Å². The Bertz CT molecular complexity index is 111. The van der Waals surface area contributed by atoms with Crippen LogP contribution < -0.4 is 5.48 Å². The molecule has 0 saturated carbocycles. The summed E-state index contributed by atoms with van der Waals surface area (Å²) in [5.74, 6) is 0.803. The van der Waals surface area contributed by atoms with E-state index in [0.717, 1.165) is 12.3 Å². The van der Waals surface area contributed by atoms with Crippen LogP contribution in [0.5, 0.6) is 0 Å². The minimum atomic E-state index is 0.143. The normalized spacial score (nSPS) is 27.2. The molecule has 0 aromatic carbocycles. The fourth-order valence-electron chi connectivity index (χ4n) is 0.585. The lowest BCUT2D eigenvalue weighted by Gasteiger charge is -1.94. The quantitative estimate of drug-likeness (QED) is 0.543. The third-order valence-electron chi connectivity index (χ3n) is 0.987. The molecule has 0 saturated heterocycles. The summed E-state index contributed by atoms with van der Waals surface area (Å²) in [7, 11) is 0. The third-order valence-corrected chi connectivity index (χ3v) is 0.987. The van der Waals surface area contributed by atoms with Crippen LogP contribution in [0.2, 0.25) is 0 Å². The first kappa shape index (κ1) is 5.56. The molecule has 1 unspecified atom stereocenters. The van der Waals surface area contributed by atoms with Crippen molar-refractivity contribution in [3.63, 3.8) is 0 Å². The maximum Gasteiger partial charge on any atom is 0.210 e. The van der Waals surface area contributed by atoms with Gasteiger partial charge in [0.25, 0.3) is 0 Å². The average molecular weight is 114 g/mol. The Morgan fingerprint density at radius 1 is 1.88 bits per heavy atom. The largest absolute Gasteiger partial charge is 0.391 e. The van der Waals surface area contributed by atoms with Crippen LogP contribution in [0.4, 0.5) is 0 Å². The number of rotatable bonds is 1. The zero-order valence-electron chi connectivity index (χ0n) is 5.14. The molecule has 1 N–H and O–H groups in total. The van der Waals surface area contributed by atoms with Crippen LogP contribution in [0, 0.1) is 0 Å². The van der Waals surface area contributed by atoms with Crippen molar-refractivity contribution in [2.45, 2.75) is 26.4 Å². The van der Waals surface area contributed by atoms with E-state index in [-0.39, 0.29) is 6.17 Å². The van der Waals surface area contributed by atoms with Crippen LogP contribution in [0.25, 0.3) is 0 Å². The van der Waals surface area contributed by atoms with E-state index in [1.807, 2.05) is 13.8 Å². The molecule has 1 rings (SSSR count). The van der Waals surface area contributed by atoms with E-state index in [0.29, 0.717) is 0 Å². The fourth-order valence-corrected chi connectivity index (χ4v) is 0.585. The number of nitrogens with one attached hydrogen (secondary N) is 1. The summed E-state index contributed by atoms with van der Waals surface area (Å²) < 4.78 is 0. The number of hydrogen-bond acceptors (Lipinski definition) is 3. The third kappa shape index (κ3) is 0.980. The summed E-state index contributed by atoms with van der Waals surface area (Å²) in [6.45, 7) is 3.96. The highest BCUT2D eigenvalue weighted by atomic mass is 16.7. The molecule has 0 radical (unpaired) electrons. The molecule has 0 amide bonds. The Kier molecular flexibility index (Phi) is 1.48. The Hall–Kier alpha value is -0.570. The first-order chi connectivity index (χ1) is 3.83. The van der Waals surface area contributed by atoms with Gasteiger partial charge in [-0.1, -0.05) is 6.92 Å². The Labute approximate surface area is 48.7 Å². The molecule has 1 aliphatic rings. The van der Waals surface area contributed by atoms with Crippen LogP contribution in [-0.2, 0) is 4.84 Å². The first-order valence-corrected chi connectivity index (χ1v) is 2.82. The number of hydroxylamine groups is 1. The SMILES string of the molecule is CCC1=NC(C)NO1. The molecular formula is C5H10N2O. The Balaban J connectivity index is 2.44. The second kappa shape index (κ2) is 2.13. The molecular weight excluding hydrogens is 104 g/mol. The van der Waals surface area contributed by atoms with E-state index in [9.17, 15) is 0 Å². The Morgan fingerprint density at radius 2 is 2.62 bits per heavy atom. The van der Waals surface area contributed by atoms with Crippen molar-refractivity contribution in [1.82, 2.24) is 5.48 Å². The van der Waals surface area contributed by atoms with Crippen molar-refractivity contribution in [2.24, 2.45) is 4.99 Å². The van der Waals surface area contributed by atoms with E-state index in [1.165, 1.54) is 0 Å². The van der Waals surface area contributed by atoms with Crippen molar-refractivity contribution in [3.8, 4) is 0 Å². The summed E-state index contributed by atoms with van der Waals surface area (Å²) >= 11 is 0. The van der Waals surface area contributed by atoms with Gasteiger partial charge in [-0.3, -0.25) is 0 Å². The molecule has 46 valence electrons. The maximum atomic E-state index is 4.91. The van der Waals surface area contributed by atoms with Gasteiger partial charge in [-0.2, -0.15) is 0 Å². The van der Waals surface area contributed by atoms with E-state index in [4.69, 9.17) is 4.84 Å². The van der Waals surface area contributed by atoms with Crippen molar-refractivity contribution in [1.29, 1.82) is 0 Å². The monoisotopic (exact) mass is 114 g/mol. The van der Waals surface area contributed by atoms with E-state index < -0.39 is 0 Å². The van der Waals surface area contributed by atoms with Crippen molar-refractivity contribution >= 4 is 5.90 Å². The topological polar surface area (TPSA) is 33.6 Å². The standard InChI is InChI=1S/C5H10N2O/c1-3-5-6-4(2)7-8-5/h4,7H,3H2,1-2H3. The minimum absolute atomic E-state index is 0.143. The van der Waals surface area contributed by atoms with Gasteiger partial charge in [0.05, 0.1) is 0 Å². The van der Waals surface area contributed by atoms with Crippen LogP contribution >= 0.6 is 0 Å². The van der Waals surface area contributed by atoms with Gasteiger partial charge in [0, 0.05) is 6.42 Å². The smallest absolute Gasteiger partial charge is 0.210 e. The van der Waals surface area contributed by atoms with Gasteiger partial charge in [-0.25, -0.2) is 4.99 Å². The summed E-state index contributed by atoms with van der Waals surface area (Å²) in [6.07, 6.45) is 1.02. The molecule has 0 fully saturated rings. The van der Waals surface area contributed by atoms with Crippen LogP contribution in [0.1, 0.15) is 20.3 Å². The van der Waals surface area contributed by atoms with Gasteiger partial charge in [-0.15, -0.1) is 5.48 Å². The van der Waals surface area contributed by atoms with Crippen LogP contribution in [-0.4, -0.2) is 12.1 Å². The molecule has 8 heavy (non-hydrogen) atoms. The summed E-state index contributed by atoms with van der Waals surface area (Å²) in [5.41, 5.74) is 2.72. The van der Waals surface area contributed by atoms with Crippen molar-refractivity contribution in [3.05, 3.63) is 0 Å². The molecule has 0 spiro atoms. The summed E-state index contributed by atoms with van der Waals surface area (Å²) in [5, 5.41) is 0. The first-order valence-electron chi connectivity index (χ1n) is 2.82. The predicted octanol–water partition coefficient (Wildman–Crippen LogP) is 0.676. The summed E-state index contributed by atoms with van der Waals surface area (Å²) in [4.78, 5) is 9.00. The molecule has 0 aromatic rings. The van der Waals surface area contributed by atoms with E-state index in [2.05, 4.69) is 10.5 Å². The highest BCUT2D eigenvalue weighted by molar-refractivity contribution is 5.76. The second-order valence-corrected chi connectivity index (χ2v) is 1.77. The number of aliphatic imine (C=N–C) groups is 1. The number of hydrogen-bond donors (Lipinski definition) is 1. The molecule has 1 aliphatic heterocycles. The summed E-state index contributed by atoms with van der Waals surface area (Å²) in [6, 6.07) is 0. The average Bonchev–Trinajstić information content (AvgIpc) is 2.14. The molecule has 1 atom stereocenters. The van der Waals surface area contributed by atoms with Crippen LogP contribution in [0.15, 0.2) is 4.99 Å². The fraction of sp³-hybridized carbons (Fsp3) is 0.800. The lowest BCUT2D eigenvalue weighted by Crippen LogP contribution is -2.16. The van der Waals surface area contributed by atoms with Gasteiger partial charge in [0.2, 0.25) is 5.90 Å². The second-order valence-electron chi connectivity index (χ2n) is 1.77. The van der Waals surface area contributed by atoms with Gasteiger partial charge in [-0.05, 0) is 6.92 Å². The predicted molar refractivity (Wildman–Crippen MR) is 31.4 cm³/mol. The maximum absolute atomic E-state index is 4.91. The zero-order chi connectivity index (χ0) is 5.98. The molecule has 0 aromatic heterocycles. The molecule has 3 heteroatoms. The van der Waals surface area contributed by atoms with E-state index >= 15 is 0 Å². The minimum Gasteiger partial charge on any atom is -0.391 e. The van der Waals surface area contributed by atoms with Crippen molar-refractivity contribution < 1.29 is 4.84 Å². The lowest BCUT2D eigenvalue weighted by molar-refractivity contribution is 0.181. The highest BCUT2D eigenvalue weighted by Gasteiger charge is 2.09. The number of nitrogens with zero attached hydrogens (tertiary/aromatic N) is 1. The molecule has 0 bridgehead atoms. The van der Waals surface area contributed by atoms with Gasteiger partial charge in [0.15, 0.2) is 0 Å². The Morgan fingerprint density at radius 3 is 2.88 bits per heavy atom. The zero-order valence-corrected chi connectivity index (χ0v) is 5.14.